The molecule has 1 fully saturated rings. The van der Waals surface area contributed by atoms with Crippen molar-refractivity contribution in [3.63, 3.8) is 0 Å². The molecular weight excluding hydrogens is 310 g/mol. The van der Waals surface area contributed by atoms with Crippen molar-refractivity contribution in [1.29, 1.82) is 0 Å². The highest BCUT2D eigenvalue weighted by atomic mass is 16.5. The molecule has 24 heavy (non-hydrogen) atoms. The van der Waals surface area contributed by atoms with Crippen LogP contribution < -0.4 is 10.1 Å². The first kappa shape index (κ1) is 16.3. The summed E-state index contributed by atoms with van der Waals surface area (Å²) in [5, 5.41) is 2.85. The van der Waals surface area contributed by atoms with Crippen molar-refractivity contribution in [2.24, 2.45) is 0 Å². The summed E-state index contributed by atoms with van der Waals surface area (Å²) in [7, 11) is 1.52. The van der Waals surface area contributed by atoms with Gasteiger partial charge in [-0.3, -0.25) is 0 Å². The van der Waals surface area contributed by atoms with E-state index < -0.39 is 0 Å². The van der Waals surface area contributed by atoms with E-state index in [1.54, 1.807) is 29.5 Å². The molecule has 1 aliphatic rings. The molecule has 0 spiro atoms. The number of hydrogen-bond donors (Lipinski definition) is 1. The van der Waals surface area contributed by atoms with E-state index in [1.807, 2.05) is 12.1 Å². The van der Waals surface area contributed by atoms with Crippen LogP contribution in [0.3, 0.4) is 0 Å². The number of carbonyl (C=O) groups excluding carboxylic acids is 1. The fourth-order valence-corrected chi connectivity index (χ4v) is 2.69. The van der Waals surface area contributed by atoms with Crippen LogP contribution in [0.2, 0.25) is 0 Å². The summed E-state index contributed by atoms with van der Waals surface area (Å²) in [4.78, 5) is 18.5. The normalized spacial score (nSPS) is 16.8. The molecule has 7 nitrogen and oxygen atoms in total. The Hall–Kier alpha value is -2.54. The van der Waals surface area contributed by atoms with E-state index in [4.69, 9.17) is 13.9 Å². The van der Waals surface area contributed by atoms with Gasteiger partial charge in [-0.15, -0.1) is 0 Å². The standard InChI is InChI=1S/C17H21N3O4/c1-22-16-15(7-2-8-18-16)19-17(21)20(11-13-5-3-9-23-13)12-14-6-4-10-24-14/h2-3,5,7-9,14H,4,6,10-12H2,1H3,(H,19,21). The highest BCUT2D eigenvalue weighted by Gasteiger charge is 2.24. The minimum atomic E-state index is -0.242. The zero-order valence-electron chi connectivity index (χ0n) is 13.6. The second-order valence-corrected chi connectivity index (χ2v) is 5.59. The molecule has 0 bridgehead atoms. The van der Waals surface area contributed by atoms with Crippen LogP contribution in [-0.2, 0) is 11.3 Å². The Morgan fingerprint density at radius 2 is 2.38 bits per heavy atom. The summed E-state index contributed by atoms with van der Waals surface area (Å²) < 4.78 is 16.2. The topological polar surface area (TPSA) is 76.8 Å². The van der Waals surface area contributed by atoms with Crippen LogP contribution in [0.25, 0.3) is 0 Å². The van der Waals surface area contributed by atoms with Gasteiger partial charge in [0.1, 0.15) is 11.4 Å². The van der Waals surface area contributed by atoms with Gasteiger partial charge in [-0.1, -0.05) is 0 Å². The van der Waals surface area contributed by atoms with E-state index >= 15 is 0 Å². The smallest absolute Gasteiger partial charge is 0.322 e. The van der Waals surface area contributed by atoms with Crippen LogP contribution in [0, 0.1) is 0 Å². The molecule has 0 aliphatic carbocycles. The molecule has 3 rings (SSSR count). The number of methoxy groups -OCH3 is 1. The van der Waals surface area contributed by atoms with E-state index in [0.717, 1.165) is 25.2 Å². The monoisotopic (exact) mass is 331 g/mol. The minimum absolute atomic E-state index is 0.0570. The van der Waals surface area contributed by atoms with Crippen LogP contribution in [0.1, 0.15) is 18.6 Å². The van der Waals surface area contributed by atoms with E-state index in [9.17, 15) is 4.79 Å². The summed E-state index contributed by atoms with van der Waals surface area (Å²) in [6, 6.07) is 6.91. The molecule has 7 heteroatoms. The lowest BCUT2D eigenvalue weighted by Gasteiger charge is -2.25. The SMILES string of the molecule is COc1ncccc1NC(=O)N(Cc1ccco1)CC1CCCO1. The zero-order chi connectivity index (χ0) is 16.8. The van der Waals surface area contributed by atoms with Gasteiger partial charge in [0.25, 0.3) is 0 Å². The number of rotatable bonds is 6. The second kappa shape index (κ2) is 7.83. The van der Waals surface area contributed by atoms with Gasteiger partial charge in [-0.2, -0.15) is 0 Å². The van der Waals surface area contributed by atoms with E-state index in [2.05, 4.69) is 10.3 Å². The summed E-state index contributed by atoms with van der Waals surface area (Å²) >= 11 is 0. The van der Waals surface area contributed by atoms with Crippen LogP contribution in [-0.4, -0.2) is 42.3 Å². The van der Waals surface area contributed by atoms with Gasteiger partial charge in [0.05, 0.1) is 26.0 Å². The molecule has 2 aromatic heterocycles. The van der Waals surface area contributed by atoms with Crippen molar-refractivity contribution in [1.82, 2.24) is 9.88 Å². The van der Waals surface area contributed by atoms with Crippen molar-refractivity contribution in [3.05, 3.63) is 42.5 Å². The molecule has 1 atom stereocenters. The number of anilines is 1. The fraction of sp³-hybridized carbons (Fsp3) is 0.412. The maximum absolute atomic E-state index is 12.7. The molecule has 0 aromatic carbocycles. The molecule has 2 amide bonds. The maximum atomic E-state index is 12.7. The van der Waals surface area contributed by atoms with Crippen LogP contribution in [0.4, 0.5) is 10.5 Å². The largest absolute Gasteiger partial charge is 0.480 e. The molecule has 2 aromatic rings. The van der Waals surface area contributed by atoms with Gasteiger partial charge in [0, 0.05) is 19.3 Å². The highest BCUT2D eigenvalue weighted by Crippen LogP contribution is 2.21. The van der Waals surface area contributed by atoms with Crippen molar-refractivity contribution < 1.29 is 18.7 Å². The first-order valence-corrected chi connectivity index (χ1v) is 7.95. The van der Waals surface area contributed by atoms with E-state index in [0.29, 0.717) is 24.7 Å². The molecule has 0 saturated carbocycles. The Bertz CT molecular complexity index is 654. The number of pyridine rings is 1. The number of nitrogens with zero attached hydrogens (tertiary/aromatic N) is 2. The molecule has 0 radical (unpaired) electrons. The van der Waals surface area contributed by atoms with Crippen LogP contribution in [0.15, 0.2) is 41.1 Å². The molecule has 1 aliphatic heterocycles. The number of ether oxygens (including phenoxy) is 2. The number of carbonyl (C=O) groups is 1. The summed E-state index contributed by atoms with van der Waals surface area (Å²) in [6.45, 7) is 1.63. The number of furan rings is 1. The molecule has 1 N–H and O–H groups in total. The third kappa shape index (κ3) is 4.05. The van der Waals surface area contributed by atoms with Crippen molar-refractivity contribution in [2.45, 2.75) is 25.5 Å². The lowest BCUT2D eigenvalue weighted by atomic mass is 10.2. The number of nitrogens with one attached hydrogen (secondary N) is 1. The summed E-state index contributed by atoms with van der Waals surface area (Å²) in [6.07, 6.45) is 5.25. The Kier molecular flexibility index (Phi) is 5.32. The van der Waals surface area contributed by atoms with Gasteiger partial charge in [0.15, 0.2) is 0 Å². The van der Waals surface area contributed by atoms with Gasteiger partial charge >= 0.3 is 6.03 Å². The van der Waals surface area contributed by atoms with E-state index in [1.165, 1.54) is 7.11 Å². The first-order valence-electron chi connectivity index (χ1n) is 7.95. The molecule has 3 heterocycles. The number of amides is 2. The van der Waals surface area contributed by atoms with Gasteiger partial charge in [-0.25, -0.2) is 9.78 Å². The van der Waals surface area contributed by atoms with Crippen molar-refractivity contribution in [2.75, 3.05) is 25.6 Å². The zero-order valence-corrected chi connectivity index (χ0v) is 13.6. The maximum Gasteiger partial charge on any atom is 0.322 e. The fourth-order valence-electron chi connectivity index (χ4n) is 2.69. The number of urea groups is 1. The molecule has 1 unspecified atom stereocenters. The Morgan fingerprint density at radius 3 is 3.08 bits per heavy atom. The Labute approximate surface area is 140 Å². The Morgan fingerprint density at radius 1 is 1.46 bits per heavy atom. The Balaban J connectivity index is 1.71. The number of aromatic nitrogens is 1. The number of hydrogen-bond acceptors (Lipinski definition) is 5. The van der Waals surface area contributed by atoms with Gasteiger partial charge in [0.2, 0.25) is 5.88 Å². The third-order valence-electron chi connectivity index (χ3n) is 3.87. The lowest BCUT2D eigenvalue weighted by molar-refractivity contribution is 0.0803. The molecule has 128 valence electrons. The van der Waals surface area contributed by atoms with Gasteiger partial charge < -0.3 is 24.1 Å². The lowest BCUT2D eigenvalue weighted by Crippen LogP contribution is -2.39. The average molecular weight is 331 g/mol. The van der Waals surface area contributed by atoms with Crippen molar-refractivity contribution >= 4 is 11.7 Å². The van der Waals surface area contributed by atoms with Crippen LogP contribution in [0.5, 0.6) is 5.88 Å². The van der Waals surface area contributed by atoms with Gasteiger partial charge in [-0.05, 0) is 37.1 Å². The first-order chi connectivity index (χ1) is 11.8. The minimum Gasteiger partial charge on any atom is -0.480 e. The third-order valence-corrected chi connectivity index (χ3v) is 3.87. The predicted octanol–water partition coefficient (Wildman–Crippen LogP) is 2.90. The quantitative estimate of drug-likeness (QED) is 0.881. The molecule has 1 saturated heterocycles. The highest BCUT2D eigenvalue weighted by molar-refractivity contribution is 5.90. The van der Waals surface area contributed by atoms with Crippen molar-refractivity contribution in [3.8, 4) is 5.88 Å². The average Bonchev–Trinajstić information content (AvgIpc) is 3.28. The molecular formula is C17H21N3O4. The predicted molar refractivity (Wildman–Crippen MR) is 87.9 cm³/mol. The summed E-state index contributed by atoms with van der Waals surface area (Å²) in [5.74, 6) is 1.10. The second-order valence-electron chi connectivity index (χ2n) is 5.59. The summed E-state index contributed by atoms with van der Waals surface area (Å²) in [5.41, 5.74) is 0.529. The van der Waals surface area contributed by atoms with E-state index in [-0.39, 0.29) is 12.1 Å². The van der Waals surface area contributed by atoms with Crippen LogP contribution >= 0.6 is 0 Å².